The zero-order valence-corrected chi connectivity index (χ0v) is 17.4. The van der Waals surface area contributed by atoms with Crippen molar-refractivity contribution in [2.45, 2.75) is 63.3 Å². The number of hydrogen-bond donors (Lipinski definition) is 4. The summed E-state index contributed by atoms with van der Waals surface area (Å²) in [5, 5.41) is 10.1. The Morgan fingerprint density at radius 3 is 2.33 bits per heavy atom. The SMILES string of the molecule is CC[C@@H](N)[C@H](O)C(=O)N1CCC[C@H]1C(=O)N1CCCC1C(=O)N[I-]C(N)=O. The molecule has 1 unspecified atom stereocenters. The van der Waals surface area contributed by atoms with Gasteiger partial charge in [-0.05, 0) is 0 Å². The molecule has 0 aromatic heterocycles. The molecule has 4 amide bonds. The van der Waals surface area contributed by atoms with Crippen LogP contribution in [0.4, 0.5) is 4.79 Å². The number of nitrogens with two attached hydrogens (primary N) is 2. The number of amides is 4. The van der Waals surface area contributed by atoms with Gasteiger partial charge in [0.15, 0.2) is 0 Å². The molecule has 2 aliphatic heterocycles. The Morgan fingerprint density at radius 2 is 1.74 bits per heavy atom. The summed E-state index contributed by atoms with van der Waals surface area (Å²) < 4.78 is 1.99. The van der Waals surface area contributed by atoms with Crippen LogP contribution >= 0.6 is 0 Å². The Bertz CT molecular complexity index is 604. The van der Waals surface area contributed by atoms with Gasteiger partial charge in [-0.2, -0.15) is 0 Å². The Hall–Kier alpha value is -1.47. The van der Waals surface area contributed by atoms with Gasteiger partial charge in [0.05, 0.1) is 0 Å². The zero-order valence-electron chi connectivity index (χ0n) is 15.3. The number of likely N-dealkylation sites (tertiary alicyclic amines) is 2. The summed E-state index contributed by atoms with van der Waals surface area (Å²) in [7, 11) is 0. The molecule has 11 heteroatoms. The van der Waals surface area contributed by atoms with Gasteiger partial charge in [0.2, 0.25) is 0 Å². The summed E-state index contributed by atoms with van der Waals surface area (Å²) in [5.41, 5.74) is 10.9. The van der Waals surface area contributed by atoms with E-state index in [1.54, 1.807) is 6.92 Å². The maximum atomic E-state index is 13.0. The molecular weight excluding hydrogens is 469 g/mol. The number of nitrogens with one attached hydrogen (secondary N) is 1. The van der Waals surface area contributed by atoms with E-state index < -0.39 is 55.5 Å². The number of hydrogen-bond acceptors (Lipinski definition) is 6. The van der Waals surface area contributed by atoms with Gasteiger partial charge in [-0.3, -0.25) is 0 Å². The number of carbonyl (C=O) groups excluding carboxylic acids is 4. The van der Waals surface area contributed by atoms with Crippen LogP contribution in [-0.2, 0) is 14.4 Å². The van der Waals surface area contributed by atoms with E-state index in [0.29, 0.717) is 45.2 Å². The molecule has 154 valence electrons. The van der Waals surface area contributed by atoms with Crippen LogP contribution < -0.4 is 36.5 Å². The normalized spacial score (nSPS) is 24.7. The first-order chi connectivity index (χ1) is 12.8. The average Bonchev–Trinajstić information content (AvgIpc) is 3.32. The predicted octanol–water partition coefficient (Wildman–Crippen LogP) is -4.73. The molecule has 0 aliphatic carbocycles. The number of carbonyl (C=O) groups is 4. The zero-order chi connectivity index (χ0) is 20.1. The molecule has 0 radical (unpaired) electrons. The van der Waals surface area contributed by atoms with E-state index in [1.807, 2.05) is 0 Å². The fourth-order valence-corrected chi connectivity index (χ4v) is 4.41. The van der Waals surface area contributed by atoms with E-state index in [1.165, 1.54) is 9.80 Å². The van der Waals surface area contributed by atoms with E-state index in [0.717, 1.165) is 0 Å². The third-order valence-electron chi connectivity index (χ3n) is 5.02. The quantitative estimate of drug-likeness (QED) is 0.120. The Kier molecular flexibility index (Phi) is 7.79. The first-order valence-corrected chi connectivity index (χ1v) is 11.2. The van der Waals surface area contributed by atoms with E-state index in [-0.39, 0.29) is 11.8 Å². The molecule has 2 aliphatic rings. The fraction of sp³-hybridized carbons (Fsp3) is 0.750. The van der Waals surface area contributed by atoms with Crippen molar-refractivity contribution in [2.75, 3.05) is 13.1 Å². The average molecular weight is 496 g/mol. The predicted molar refractivity (Wildman–Crippen MR) is 91.5 cm³/mol. The van der Waals surface area contributed by atoms with Gasteiger partial charge in [-0.25, -0.2) is 0 Å². The number of primary amides is 1. The Labute approximate surface area is 168 Å². The third-order valence-corrected chi connectivity index (χ3v) is 6.36. The van der Waals surface area contributed by atoms with Gasteiger partial charge < -0.3 is 0 Å². The second-order valence-electron chi connectivity index (χ2n) is 6.75. The van der Waals surface area contributed by atoms with Crippen LogP contribution in [0.1, 0.15) is 39.0 Å². The molecule has 0 aromatic carbocycles. The number of aliphatic hydroxyl groups excluding tert-OH is 1. The van der Waals surface area contributed by atoms with Gasteiger partial charge in [0.25, 0.3) is 0 Å². The van der Waals surface area contributed by atoms with Crippen molar-refractivity contribution in [3.05, 3.63) is 0 Å². The topological polar surface area (TPSA) is 159 Å². The van der Waals surface area contributed by atoms with Crippen LogP contribution in [0.5, 0.6) is 0 Å². The summed E-state index contributed by atoms with van der Waals surface area (Å²) in [5.74, 6) is -1.22. The molecule has 2 rings (SSSR count). The molecule has 0 saturated carbocycles. The molecule has 10 nitrogen and oxygen atoms in total. The van der Waals surface area contributed by atoms with E-state index in [9.17, 15) is 24.3 Å². The van der Waals surface area contributed by atoms with E-state index in [4.69, 9.17) is 11.5 Å². The number of rotatable bonds is 7. The van der Waals surface area contributed by atoms with Crippen molar-refractivity contribution in [3.63, 3.8) is 0 Å². The number of aliphatic hydroxyl groups is 1. The molecule has 2 heterocycles. The van der Waals surface area contributed by atoms with E-state index in [2.05, 4.69) is 3.53 Å². The van der Waals surface area contributed by atoms with Crippen molar-refractivity contribution in [1.29, 1.82) is 0 Å². The second-order valence-corrected chi connectivity index (χ2v) is 8.90. The molecule has 4 atom stereocenters. The van der Waals surface area contributed by atoms with Gasteiger partial charge in [0.1, 0.15) is 0 Å². The van der Waals surface area contributed by atoms with E-state index >= 15 is 0 Å². The van der Waals surface area contributed by atoms with Crippen LogP contribution in [0.25, 0.3) is 0 Å². The molecule has 2 saturated heterocycles. The van der Waals surface area contributed by atoms with Gasteiger partial charge in [-0.1, -0.05) is 0 Å². The molecule has 6 N–H and O–H groups in total. The third kappa shape index (κ3) is 5.08. The molecule has 27 heavy (non-hydrogen) atoms. The molecule has 0 spiro atoms. The number of nitrogens with zero attached hydrogens (tertiary/aromatic N) is 2. The standard InChI is InChI=1S/C16H27IN5O5/c1-2-9(18)12(23)15(26)22-8-4-6-11(22)14(25)21-7-3-5-10(21)13(24)20-17-16(19)27/h9-12,23H,2-8,18H2,1H3,(H2,19,27)(H,20,24)/q-1/t9-,10?,11+,12+/m1/s1. The first-order valence-electron chi connectivity index (χ1n) is 9.05. The summed E-state index contributed by atoms with van der Waals surface area (Å²) in [6.07, 6.45) is 1.40. The van der Waals surface area contributed by atoms with Gasteiger partial charge in [-0.15, -0.1) is 0 Å². The maximum absolute atomic E-state index is 13.0. The van der Waals surface area contributed by atoms with Crippen molar-refractivity contribution >= 4 is 21.6 Å². The summed E-state index contributed by atoms with van der Waals surface area (Å²) >= 11 is -1.29. The van der Waals surface area contributed by atoms with Crippen LogP contribution in [0.2, 0.25) is 0 Å². The molecular formula is C16H27IN5O5-. The monoisotopic (exact) mass is 496 g/mol. The minimum atomic E-state index is -1.35. The molecule has 0 bridgehead atoms. The number of halogens is 1. The van der Waals surface area contributed by atoms with Gasteiger partial charge in [0, 0.05) is 0 Å². The van der Waals surface area contributed by atoms with Crippen LogP contribution in [-0.4, -0.2) is 73.9 Å². The van der Waals surface area contributed by atoms with Crippen molar-refractivity contribution in [1.82, 2.24) is 13.3 Å². The van der Waals surface area contributed by atoms with Crippen molar-refractivity contribution < 1.29 is 45.8 Å². The molecule has 0 aromatic rings. The fourth-order valence-electron chi connectivity index (χ4n) is 3.51. The second kappa shape index (κ2) is 9.64. The summed E-state index contributed by atoms with van der Waals surface area (Å²) in [6, 6.07) is -2.04. The molecule has 2 fully saturated rings. The minimum absolute atomic E-state index is 0.298. The van der Waals surface area contributed by atoms with Crippen molar-refractivity contribution in [2.24, 2.45) is 11.5 Å². The van der Waals surface area contributed by atoms with Crippen molar-refractivity contribution in [3.8, 4) is 0 Å². The van der Waals surface area contributed by atoms with Gasteiger partial charge >= 0.3 is 169 Å². The first kappa shape index (κ1) is 21.8. The van der Waals surface area contributed by atoms with Crippen LogP contribution in [0, 0.1) is 0 Å². The van der Waals surface area contributed by atoms with Crippen LogP contribution in [0.15, 0.2) is 0 Å². The Morgan fingerprint density at radius 1 is 1.15 bits per heavy atom. The Balaban J connectivity index is 2.07. The summed E-state index contributed by atoms with van der Waals surface area (Å²) in [6.45, 7) is 2.57. The summed E-state index contributed by atoms with van der Waals surface area (Å²) in [4.78, 5) is 51.7. The van der Waals surface area contributed by atoms with Crippen LogP contribution in [0.3, 0.4) is 0 Å².